The molecule has 21 heavy (non-hydrogen) atoms. The van der Waals surface area contributed by atoms with E-state index < -0.39 is 11.9 Å². The van der Waals surface area contributed by atoms with Crippen molar-refractivity contribution in [3.8, 4) is 0 Å². The van der Waals surface area contributed by atoms with Gasteiger partial charge in [0, 0.05) is 20.3 Å². The summed E-state index contributed by atoms with van der Waals surface area (Å²) in [6, 6.07) is 0.921. The van der Waals surface area contributed by atoms with Crippen LogP contribution < -0.4 is 11.1 Å². The Balaban J connectivity index is 2.32. The first kappa shape index (κ1) is 17.5. The number of nitrogens with zero attached hydrogens (tertiary/aromatic N) is 1. The molecule has 0 aromatic carbocycles. The smallest absolute Gasteiger partial charge is 0.396 e. The lowest BCUT2D eigenvalue weighted by molar-refractivity contribution is -0.141. The first-order chi connectivity index (χ1) is 9.95. The molecule has 0 unspecified atom stereocenters. The summed E-state index contributed by atoms with van der Waals surface area (Å²) in [5.74, 6) is 0. The van der Waals surface area contributed by atoms with Gasteiger partial charge in [0.15, 0.2) is 0 Å². The minimum atomic E-state index is -4.47. The Labute approximate surface area is 121 Å². The van der Waals surface area contributed by atoms with E-state index in [1.807, 2.05) is 0 Å². The molecule has 0 aliphatic carbocycles. The van der Waals surface area contributed by atoms with E-state index in [1.54, 1.807) is 7.11 Å². The lowest BCUT2D eigenvalue weighted by atomic mass is 10.2. The van der Waals surface area contributed by atoms with Crippen LogP contribution in [0.15, 0.2) is 12.3 Å². The van der Waals surface area contributed by atoms with Gasteiger partial charge in [-0.1, -0.05) is 0 Å². The summed E-state index contributed by atoms with van der Waals surface area (Å²) >= 11 is 0. The van der Waals surface area contributed by atoms with Crippen LogP contribution >= 0.6 is 0 Å². The number of hydrogen-bond acceptors (Lipinski definition) is 5. The number of nitrogens with one attached hydrogen (secondary N) is 1. The Morgan fingerprint density at radius 3 is 2.67 bits per heavy atom. The third kappa shape index (κ3) is 6.63. The summed E-state index contributed by atoms with van der Waals surface area (Å²) in [6.07, 6.45) is -1.90. The number of halogens is 3. The molecular weight excluding hydrogens is 287 g/mol. The number of unbranched alkanes of at least 4 members (excludes halogenated alkanes) is 1. The van der Waals surface area contributed by atoms with E-state index in [-0.39, 0.29) is 11.4 Å². The van der Waals surface area contributed by atoms with Crippen molar-refractivity contribution in [3.63, 3.8) is 0 Å². The van der Waals surface area contributed by atoms with E-state index >= 15 is 0 Å². The van der Waals surface area contributed by atoms with Gasteiger partial charge in [0.1, 0.15) is 5.69 Å². The number of nitrogen functional groups attached to an aromatic ring is 1. The van der Waals surface area contributed by atoms with Gasteiger partial charge in [0.05, 0.1) is 30.8 Å². The number of nitrogens with two attached hydrogens (primary N) is 1. The molecule has 120 valence electrons. The standard InChI is InChI=1S/C13H20F3N3O2/c1-20-6-7-21-5-3-2-4-18-11-8-12(13(14,15)16)19-9-10(11)17/h8-9H,2-7,17H2,1H3,(H,18,19). The molecular formula is C13H20F3N3O2. The van der Waals surface area contributed by atoms with E-state index in [0.29, 0.717) is 26.4 Å². The second kappa shape index (κ2) is 8.68. The number of hydrogen-bond donors (Lipinski definition) is 2. The zero-order valence-electron chi connectivity index (χ0n) is 11.9. The van der Waals surface area contributed by atoms with Gasteiger partial charge < -0.3 is 20.5 Å². The molecule has 1 aromatic rings. The molecule has 0 spiro atoms. The average molecular weight is 307 g/mol. The first-order valence-corrected chi connectivity index (χ1v) is 6.58. The van der Waals surface area contributed by atoms with E-state index in [9.17, 15) is 13.2 Å². The molecule has 0 fully saturated rings. The zero-order chi connectivity index (χ0) is 15.7. The number of rotatable bonds is 9. The topological polar surface area (TPSA) is 69.4 Å². The summed E-state index contributed by atoms with van der Waals surface area (Å²) in [4.78, 5) is 3.27. The van der Waals surface area contributed by atoms with Gasteiger partial charge in [0.2, 0.25) is 0 Å². The van der Waals surface area contributed by atoms with Crippen molar-refractivity contribution >= 4 is 11.4 Å². The summed E-state index contributed by atoms with van der Waals surface area (Å²) in [7, 11) is 1.60. The summed E-state index contributed by atoms with van der Waals surface area (Å²) < 4.78 is 47.7. The van der Waals surface area contributed by atoms with Gasteiger partial charge >= 0.3 is 6.18 Å². The van der Waals surface area contributed by atoms with Crippen molar-refractivity contribution in [2.75, 3.05) is 44.5 Å². The Hall–Kier alpha value is -1.54. The third-order valence-electron chi connectivity index (χ3n) is 2.69. The monoisotopic (exact) mass is 307 g/mol. The van der Waals surface area contributed by atoms with Gasteiger partial charge in [-0.3, -0.25) is 0 Å². The first-order valence-electron chi connectivity index (χ1n) is 6.58. The quantitative estimate of drug-likeness (QED) is 0.686. The fraction of sp³-hybridized carbons (Fsp3) is 0.615. The highest BCUT2D eigenvalue weighted by atomic mass is 19.4. The number of pyridine rings is 1. The van der Waals surface area contributed by atoms with E-state index in [4.69, 9.17) is 15.2 Å². The maximum atomic E-state index is 12.5. The number of alkyl halides is 3. The Bertz CT molecular complexity index is 428. The minimum Gasteiger partial charge on any atom is -0.396 e. The summed E-state index contributed by atoms with van der Waals surface area (Å²) in [5.41, 5.74) is 5.08. The number of aromatic nitrogens is 1. The molecule has 0 saturated carbocycles. The van der Waals surface area contributed by atoms with E-state index in [0.717, 1.165) is 25.1 Å². The van der Waals surface area contributed by atoms with E-state index in [1.165, 1.54) is 0 Å². The molecule has 0 bridgehead atoms. The van der Waals surface area contributed by atoms with Crippen LogP contribution in [0.3, 0.4) is 0 Å². The van der Waals surface area contributed by atoms with Gasteiger partial charge in [-0.15, -0.1) is 0 Å². The minimum absolute atomic E-state index is 0.194. The summed E-state index contributed by atoms with van der Waals surface area (Å²) in [5, 5.41) is 2.88. The molecule has 0 aliphatic heterocycles. The molecule has 1 heterocycles. The maximum absolute atomic E-state index is 12.5. The highest BCUT2D eigenvalue weighted by Crippen LogP contribution is 2.30. The fourth-order valence-corrected chi connectivity index (χ4v) is 1.57. The van der Waals surface area contributed by atoms with Crippen molar-refractivity contribution in [1.82, 2.24) is 4.98 Å². The SMILES string of the molecule is COCCOCCCCNc1cc(C(F)(F)F)ncc1N. The molecule has 5 nitrogen and oxygen atoms in total. The van der Waals surface area contributed by atoms with Crippen LogP contribution in [0.4, 0.5) is 24.5 Å². The van der Waals surface area contributed by atoms with Crippen LogP contribution in [0.25, 0.3) is 0 Å². The number of methoxy groups -OCH3 is 1. The van der Waals surface area contributed by atoms with Crippen molar-refractivity contribution in [2.45, 2.75) is 19.0 Å². The predicted molar refractivity (Wildman–Crippen MR) is 74.1 cm³/mol. The van der Waals surface area contributed by atoms with Crippen LogP contribution in [-0.2, 0) is 15.7 Å². The molecule has 0 aliphatic rings. The second-order valence-electron chi connectivity index (χ2n) is 4.39. The molecule has 3 N–H and O–H groups in total. The van der Waals surface area contributed by atoms with Crippen molar-refractivity contribution in [1.29, 1.82) is 0 Å². The van der Waals surface area contributed by atoms with Crippen LogP contribution in [0.5, 0.6) is 0 Å². The zero-order valence-corrected chi connectivity index (χ0v) is 11.9. The number of anilines is 2. The lowest BCUT2D eigenvalue weighted by Gasteiger charge is -2.12. The van der Waals surface area contributed by atoms with Crippen LogP contribution in [0.1, 0.15) is 18.5 Å². The van der Waals surface area contributed by atoms with Crippen LogP contribution in [-0.4, -0.2) is 38.5 Å². The second-order valence-corrected chi connectivity index (χ2v) is 4.39. The molecule has 0 atom stereocenters. The van der Waals surface area contributed by atoms with Gasteiger partial charge in [-0.2, -0.15) is 13.2 Å². The molecule has 8 heteroatoms. The Morgan fingerprint density at radius 1 is 1.24 bits per heavy atom. The normalized spacial score (nSPS) is 11.6. The highest BCUT2D eigenvalue weighted by molar-refractivity contribution is 5.65. The molecule has 0 amide bonds. The summed E-state index contributed by atoms with van der Waals surface area (Å²) in [6.45, 7) is 2.19. The molecule has 1 rings (SSSR count). The molecule has 0 saturated heterocycles. The van der Waals surface area contributed by atoms with Crippen molar-refractivity contribution in [3.05, 3.63) is 18.0 Å². The average Bonchev–Trinajstić information content (AvgIpc) is 2.42. The van der Waals surface area contributed by atoms with E-state index in [2.05, 4.69) is 10.3 Å². The molecule has 1 aromatic heterocycles. The predicted octanol–water partition coefficient (Wildman–Crippen LogP) is 2.54. The largest absolute Gasteiger partial charge is 0.433 e. The lowest BCUT2D eigenvalue weighted by Crippen LogP contribution is -2.11. The van der Waals surface area contributed by atoms with Crippen molar-refractivity contribution < 1.29 is 22.6 Å². The van der Waals surface area contributed by atoms with Gasteiger partial charge in [-0.05, 0) is 18.9 Å². The highest BCUT2D eigenvalue weighted by Gasteiger charge is 2.32. The Morgan fingerprint density at radius 2 is 2.00 bits per heavy atom. The molecule has 0 radical (unpaired) electrons. The maximum Gasteiger partial charge on any atom is 0.433 e. The van der Waals surface area contributed by atoms with Crippen LogP contribution in [0.2, 0.25) is 0 Å². The Kier molecular flexibility index (Phi) is 7.24. The van der Waals surface area contributed by atoms with Crippen LogP contribution in [0, 0.1) is 0 Å². The van der Waals surface area contributed by atoms with Gasteiger partial charge in [-0.25, -0.2) is 4.98 Å². The fourth-order valence-electron chi connectivity index (χ4n) is 1.57. The third-order valence-corrected chi connectivity index (χ3v) is 2.69. The van der Waals surface area contributed by atoms with Gasteiger partial charge in [0.25, 0.3) is 0 Å². The number of ether oxygens (including phenoxy) is 2. The van der Waals surface area contributed by atoms with Crippen molar-refractivity contribution in [2.24, 2.45) is 0 Å².